The topological polar surface area (TPSA) is 43.4 Å². The van der Waals surface area contributed by atoms with E-state index in [9.17, 15) is 21.6 Å². The Balaban J connectivity index is 1.92. The second-order valence-corrected chi connectivity index (χ2v) is 7.57. The van der Waals surface area contributed by atoms with Gasteiger partial charge in [-0.3, -0.25) is 0 Å². The number of rotatable bonds is 6. The third-order valence-electron chi connectivity index (χ3n) is 3.20. The summed E-state index contributed by atoms with van der Waals surface area (Å²) in [6.45, 7) is 2.03. The van der Waals surface area contributed by atoms with Crippen LogP contribution in [-0.2, 0) is 21.6 Å². The van der Waals surface area contributed by atoms with Crippen LogP contribution in [-0.4, -0.2) is 13.9 Å². The molecule has 24 heavy (non-hydrogen) atoms. The van der Waals surface area contributed by atoms with E-state index in [0.29, 0.717) is 5.75 Å². The second-order valence-electron chi connectivity index (χ2n) is 5.05. The Labute approximate surface area is 143 Å². The number of aryl methyl sites for hydroxylation is 1. The zero-order chi connectivity index (χ0) is 17.8. The van der Waals surface area contributed by atoms with E-state index in [1.54, 1.807) is 23.9 Å². The molecule has 2 aromatic rings. The fourth-order valence-electron chi connectivity index (χ4n) is 1.87. The average Bonchev–Trinajstić information content (AvgIpc) is 2.49. The molecule has 0 unspecified atom stereocenters. The molecule has 0 saturated heterocycles. The fraction of sp³-hybridized carbons (Fsp3) is 0.250. The van der Waals surface area contributed by atoms with Gasteiger partial charge in [0, 0.05) is 11.5 Å². The van der Waals surface area contributed by atoms with Crippen molar-refractivity contribution in [3.05, 3.63) is 65.2 Å². The first-order valence-corrected chi connectivity index (χ1v) is 9.47. The van der Waals surface area contributed by atoms with Gasteiger partial charge in [-0.25, -0.2) is 0 Å². The van der Waals surface area contributed by atoms with E-state index < -0.39 is 15.6 Å². The van der Waals surface area contributed by atoms with Crippen molar-refractivity contribution in [1.82, 2.24) is 0 Å². The van der Waals surface area contributed by atoms with E-state index in [2.05, 4.69) is 4.18 Å². The Hall–Kier alpha value is -1.67. The minimum atomic E-state index is -5.63. The maximum atomic E-state index is 12.2. The van der Waals surface area contributed by atoms with Crippen molar-refractivity contribution in [2.45, 2.75) is 23.9 Å². The summed E-state index contributed by atoms with van der Waals surface area (Å²) in [5.41, 5.74) is -2.15. The minimum absolute atomic E-state index is 0.361. The quantitative estimate of drug-likeness (QED) is 0.543. The lowest BCUT2D eigenvalue weighted by Crippen LogP contribution is -2.28. The van der Waals surface area contributed by atoms with Crippen LogP contribution >= 0.6 is 11.8 Å². The molecule has 130 valence electrons. The summed E-state index contributed by atoms with van der Waals surface area (Å²) in [6.07, 6.45) is 0. The first-order valence-electron chi connectivity index (χ1n) is 6.91. The predicted molar refractivity (Wildman–Crippen MR) is 88.2 cm³/mol. The highest BCUT2D eigenvalue weighted by Gasteiger charge is 2.48. The van der Waals surface area contributed by atoms with Crippen molar-refractivity contribution >= 4 is 21.9 Å². The van der Waals surface area contributed by atoms with Gasteiger partial charge in [0.05, 0.1) is 0 Å². The van der Waals surface area contributed by atoms with Crippen molar-refractivity contribution in [3.8, 4) is 5.75 Å². The van der Waals surface area contributed by atoms with Crippen molar-refractivity contribution in [2.24, 2.45) is 0 Å². The molecule has 0 radical (unpaired) electrons. The standard InChI is InChI=1S/C16H15F3O3S2/c1-12-4-2-3-5-14(12)11-23-10-13-6-8-15(9-7-13)22-24(20,21)16(17,18)19/h2-9H,10-11H2,1H3. The number of halogens is 3. The van der Waals surface area contributed by atoms with Crippen LogP contribution in [0.2, 0.25) is 0 Å². The van der Waals surface area contributed by atoms with Crippen LogP contribution in [0.25, 0.3) is 0 Å². The summed E-state index contributed by atoms with van der Waals surface area (Å²) in [6, 6.07) is 13.5. The summed E-state index contributed by atoms with van der Waals surface area (Å²) in [5, 5.41) is 0. The highest BCUT2D eigenvalue weighted by molar-refractivity contribution is 7.97. The molecular formula is C16H15F3O3S2. The zero-order valence-electron chi connectivity index (χ0n) is 12.7. The molecule has 3 nitrogen and oxygen atoms in total. The van der Waals surface area contributed by atoms with E-state index in [4.69, 9.17) is 0 Å². The molecule has 0 aliphatic carbocycles. The van der Waals surface area contributed by atoms with Gasteiger partial charge in [0.1, 0.15) is 5.75 Å². The summed E-state index contributed by atoms with van der Waals surface area (Å²) < 4.78 is 62.6. The SMILES string of the molecule is Cc1ccccc1CSCc1ccc(OS(=O)(=O)C(F)(F)F)cc1. The van der Waals surface area contributed by atoms with E-state index in [1.165, 1.54) is 23.3 Å². The largest absolute Gasteiger partial charge is 0.534 e. The first-order chi connectivity index (χ1) is 11.2. The van der Waals surface area contributed by atoms with Crippen LogP contribution in [0.1, 0.15) is 16.7 Å². The van der Waals surface area contributed by atoms with E-state index in [-0.39, 0.29) is 5.75 Å². The number of alkyl halides is 3. The monoisotopic (exact) mass is 376 g/mol. The Morgan fingerprint density at radius 3 is 2.21 bits per heavy atom. The zero-order valence-corrected chi connectivity index (χ0v) is 14.3. The van der Waals surface area contributed by atoms with Crippen LogP contribution in [0.15, 0.2) is 48.5 Å². The Bertz CT molecular complexity index is 785. The second kappa shape index (κ2) is 7.48. The van der Waals surface area contributed by atoms with Crippen LogP contribution < -0.4 is 4.18 Å². The van der Waals surface area contributed by atoms with Crippen LogP contribution in [0.3, 0.4) is 0 Å². The molecule has 2 aromatic carbocycles. The van der Waals surface area contributed by atoms with Gasteiger partial charge < -0.3 is 4.18 Å². The van der Waals surface area contributed by atoms with Gasteiger partial charge in [-0.15, -0.1) is 0 Å². The summed E-state index contributed by atoms with van der Waals surface area (Å²) in [4.78, 5) is 0. The van der Waals surface area contributed by atoms with E-state index in [0.717, 1.165) is 11.3 Å². The van der Waals surface area contributed by atoms with Gasteiger partial charge in [0.2, 0.25) is 0 Å². The third kappa shape index (κ3) is 4.91. The smallest absolute Gasteiger partial charge is 0.376 e. The first kappa shape index (κ1) is 18.7. The lowest BCUT2D eigenvalue weighted by Gasteiger charge is -2.10. The van der Waals surface area contributed by atoms with Crippen LogP contribution in [0.5, 0.6) is 5.75 Å². The molecule has 0 aliphatic rings. The molecular weight excluding hydrogens is 361 g/mol. The molecule has 0 N–H and O–H groups in total. The maximum Gasteiger partial charge on any atom is 0.534 e. The molecule has 2 rings (SSSR count). The molecule has 0 bridgehead atoms. The average molecular weight is 376 g/mol. The summed E-state index contributed by atoms with van der Waals surface area (Å²) >= 11 is 1.66. The molecule has 0 aromatic heterocycles. The Kier molecular flexibility index (Phi) is 5.82. The van der Waals surface area contributed by atoms with E-state index >= 15 is 0 Å². The van der Waals surface area contributed by atoms with Crippen molar-refractivity contribution in [3.63, 3.8) is 0 Å². The van der Waals surface area contributed by atoms with Gasteiger partial charge in [0.25, 0.3) is 0 Å². The number of benzene rings is 2. The number of hydrogen-bond donors (Lipinski definition) is 0. The number of thioether (sulfide) groups is 1. The Morgan fingerprint density at radius 2 is 1.62 bits per heavy atom. The van der Waals surface area contributed by atoms with E-state index in [1.807, 2.05) is 31.2 Å². The van der Waals surface area contributed by atoms with Gasteiger partial charge in [-0.2, -0.15) is 33.4 Å². The maximum absolute atomic E-state index is 12.2. The Morgan fingerprint density at radius 1 is 1.00 bits per heavy atom. The predicted octanol–water partition coefficient (Wildman–Crippen LogP) is 4.66. The molecule has 0 atom stereocenters. The summed E-state index contributed by atoms with van der Waals surface area (Å²) in [7, 11) is -5.63. The third-order valence-corrected chi connectivity index (χ3v) is 5.23. The van der Waals surface area contributed by atoms with Crippen molar-refractivity contribution in [2.75, 3.05) is 0 Å². The van der Waals surface area contributed by atoms with Gasteiger partial charge in [0.15, 0.2) is 0 Å². The lowest BCUT2D eigenvalue weighted by molar-refractivity contribution is -0.0500. The lowest BCUT2D eigenvalue weighted by atomic mass is 10.1. The fourth-order valence-corrected chi connectivity index (χ4v) is 3.40. The van der Waals surface area contributed by atoms with Crippen LogP contribution in [0, 0.1) is 6.92 Å². The minimum Gasteiger partial charge on any atom is -0.376 e. The molecule has 8 heteroatoms. The molecule has 0 fully saturated rings. The van der Waals surface area contributed by atoms with Gasteiger partial charge in [-0.05, 0) is 35.7 Å². The molecule has 0 aliphatic heterocycles. The molecule has 0 saturated carbocycles. The normalized spacial score (nSPS) is 12.2. The number of hydrogen-bond acceptors (Lipinski definition) is 4. The molecule has 0 spiro atoms. The molecule has 0 amide bonds. The summed E-state index contributed by atoms with van der Waals surface area (Å²) in [5.74, 6) is 1.11. The van der Waals surface area contributed by atoms with Gasteiger partial charge in [-0.1, -0.05) is 36.4 Å². The highest BCUT2D eigenvalue weighted by Crippen LogP contribution is 2.27. The van der Waals surface area contributed by atoms with Crippen LogP contribution in [0.4, 0.5) is 13.2 Å². The highest BCUT2D eigenvalue weighted by atomic mass is 32.2. The van der Waals surface area contributed by atoms with Crippen molar-refractivity contribution < 1.29 is 25.8 Å². The van der Waals surface area contributed by atoms with Crippen molar-refractivity contribution in [1.29, 1.82) is 0 Å². The van der Waals surface area contributed by atoms with Gasteiger partial charge >= 0.3 is 15.6 Å². The molecule has 0 heterocycles.